The van der Waals surface area contributed by atoms with Gasteiger partial charge in [-0.2, -0.15) is 0 Å². The molecule has 38 heavy (non-hydrogen) atoms. The van der Waals surface area contributed by atoms with Gasteiger partial charge < -0.3 is 4.57 Å². The summed E-state index contributed by atoms with van der Waals surface area (Å²) in [6.07, 6.45) is 0. The quantitative estimate of drug-likeness (QED) is 0.197. The Labute approximate surface area is 224 Å². The lowest BCUT2D eigenvalue weighted by atomic mass is 10.2. The van der Waals surface area contributed by atoms with Crippen LogP contribution in [-0.2, 0) is 0 Å². The molecular weight excluding hydrogens is 474 g/mol. The lowest BCUT2D eigenvalue weighted by molar-refractivity contribution is 1.18. The first-order chi connectivity index (χ1) is 18.9. The van der Waals surface area contributed by atoms with Crippen LogP contribution in [0.2, 0.25) is 0 Å². The molecule has 0 bridgehead atoms. The van der Waals surface area contributed by atoms with Gasteiger partial charge in [-0.1, -0.05) is 140 Å². The van der Waals surface area contributed by atoms with Crippen molar-refractivity contribution in [3.63, 3.8) is 0 Å². The van der Waals surface area contributed by atoms with Crippen LogP contribution in [0.5, 0.6) is 0 Å². The zero-order chi connectivity index (χ0) is 25.4. The minimum Gasteiger partial charge on any atom is -0.309 e. The van der Waals surface area contributed by atoms with Crippen molar-refractivity contribution in [1.29, 1.82) is 0 Å². The monoisotopic (exact) mass is 501 g/mol. The Bertz CT molecular complexity index is 1700. The van der Waals surface area contributed by atoms with Crippen molar-refractivity contribution in [3.05, 3.63) is 164 Å². The molecule has 0 aliphatic heterocycles. The standard InChI is InChI=1S/C36H27NSi/c1-4-16-29(17-5-1)38(30-18-6-2-7-19-30,31-20-8-3-9-21-31)32-22-14-15-28(27-32)37-35-25-12-10-23-33(35)34-24-11-13-26-36(34)37/h1-27H. The van der Waals surface area contributed by atoms with Crippen molar-refractivity contribution in [2.24, 2.45) is 0 Å². The third-order valence-electron chi connectivity index (χ3n) is 7.74. The van der Waals surface area contributed by atoms with Gasteiger partial charge in [-0.25, -0.2) is 0 Å². The molecule has 1 heterocycles. The first-order valence-electron chi connectivity index (χ1n) is 13.1. The second-order valence-electron chi connectivity index (χ2n) is 9.77. The Morgan fingerprint density at radius 3 is 1.21 bits per heavy atom. The fourth-order valence-electron chi connectivity index (χ4n) is 6.14. The highest BCUT2D eigenvalue weighted by molar-refractivity contribution is 7.19. The molecule has 0 N–H and O–H groups in total. The minimum absolute atomic E-state index is 1.19. The molecule has 0 unspecified atom stereocenters. The smallest absolute Gasteiger partial charge is 0.179 e. The summed E-state index contributed by atoms with van der Waals surface area (Å²) in [5, 5.41) is 8.10. The van der Waals surface area contributed by atoms with E-state index in [1.54, 1.807) is 0 Å². The highest BCUT2D eigenvalue weighted by Crippen LogP contribution is 2.31. The molecule has 0 atom stereocenters. The van der Waals surface area contributed by atoms with Gasteiger partial charge in [-0.15, -0.1) is 0 Å². The summed E-state index contributed by atoms with van der Waals surface area (Å²) in [5.41, 5.74) is 3.66. The molecule has 0 amide bonds. The lowest BCUT2D eigenvalue weighted by Gasteiger charge is -2.34. The SMILES string of the molecule is c1ccc([Si](c2ccccc2)(c2ccccc2)c2cccc(-n3c4ccccc4c4ccccc43)c2)cc1. The van der Waals surface area contributed by atoms with Crippen molar-refractivity contribution >= 4 is 50.6 Å². The van der Waals surface area contributed by atoms with Crippen molar-refractivity contribution in [2.75, 3.05) is 0 Å². The lowest BCUT2D eigenvalue weighted by Crippen LogP contribution is -2.74. The number of para-hydroxylation sites is 2. The Morgan fingerprint density at radius 2 is 0.737 bits per heavy atom. The van der Waals surface area contributed by atoms with E-state index in [4.69, 9.17) is 0 Å². The third-order valence-corrected chi connectivity index (χ3v) is 12.5. The maximum absolute atomic E-state index is 2.59. The maximum Gasteiger partial charge on any atom is 0.179 e. The molecule has 7 aromatic rings. The number of benzene rings is 6. The van der Waals surface area contributed by atoms with Crippen LogP contribution in [0.1, 0.15) is 0 Å². The molecule has 0 fully saturated rings. The third kappa shape index (κ3) is 3.46. The second kappa shape index (κ2) is 9.33. The van der Waals surface area contributed by atoms with Gasteiger partial charge in [-0.05, 0) is 45.0 Å². The first kappa shape index (κ1) is 22.5. The van der Waals surface area contributed by atoms with Crippen molar-refractivity contribution < 1.29 is 0 Å². The van der Waals surface area contributed by atoms with E-state index >= 15 is 0 Å². The van der Waals surface area contributed by atoms with Gasteiger partial charge in [0, 0.05) is 16.5 Å². The number of nitrogens with zero attached hydrogens (tertiary/aromatic N) is 1. The van der Waals surface area contributed by atoms with Gasteiger partial charge in [-0.3, -0.25) is 0 Å². The van der Waals surface area contributed by atoms with E-state index in [0.29, 0.717) is 0 Å². The van der Waals surface area contributed by atoms with Crippen LogP contribution >= 0.6 is 0 Å². The van der Waals surface area contributed by atoms with Crippen LogP contribution in [0.25, 0.3) is 27.5 Å². The molecule has 2 heteroatoms. The Balaban J connectivity index is 1.58. The number of hydrogen-bond donors (Lipinski definition) is 0. The molecule has 0 spiro atoms. The van der Waals surface area contributed by atoms with Crippen LogP contribution in [-0.4, -0.2) is 12.6 Å². The largest absolute Gasteiger partial charge is 0.309 e. The second-order valence-corrected chi connectivity index (χ2v) is 13.6. The maximum atomic E-state index is 2.44. The van der Waals surface area contributed by atoms with Crippen molar-refractivity contribution in [3.8, 4) is 5.69 Å². The van der Waals surface area contributed by atoms with E-state index in [1.807, 2.05) is 0 Å². The molecule has 1 aromatic heterocycles. The zero-order valence-corrected chi connectivity index (χ0v) is 22.0. The van der Waals surface area contributed by atoms with E-state index < -0.39 is 8.07 Å². The van der Waals surface area contributed by atoms with E-state index in [1.165, 1.54) is 48.2 Å². The predicted molar refractivity (Wildman–Crippen MR) is 164 cm³/mol. The van der Waals surface area contributed by atoms with Gasteiger partial charge in [0.15, 0.2) is 8.07 Å². The molecule has 180 valence electrons. The molecule has 0 saturated heterocycles. The molecule has 6 aromatic carbocycles. The van der Waals surface area contributed by atoms with Crippen molar-refractivity contribution in [2.45, 2.75) is 0 Å². The summed E-state index contributed by atoms with van der Waals surface area (Å²) < 4.78 is 2.42. The van der Waals surface area contributed by atoms with E-state index in [-0.39, 0.29) is 0 Å². The van der Waals surface area contributed by atoms with Crippen LogP contribution in [0.4, 0.5) is 0 Å². The summed E-state index contributed by atoms with van der Waals surface area (Å²) in [7, 11) is -2.59. The molecule has 1 nitrogen and oxygen atoms in total. The summed E-state index contributed by atoms with van der Waals surface area (Å²) in [6.45, 7) is 0. The number of aromatic nitrogens is 1. The average molecular weight is 502 g/mol. The highest BCUT2D eigenvalue weighted by atomic mass is 28.3. The normalized spacial score (nSPS) is 11.7. The van der Waals surface area contributed by atoms with E-state index in [0.717, 1.165) is 0 Å². The van der Waals surface area contributed by atoms with Crippen LogP contribution in [0.3, 0.4) is 0 Å². The first-order valence-corrected chi connectivity index (χ1v) is 15.1. The Morgan fingerprint density at radius 1 is 0.342 bits per heavy atom. The van der Waals surface area contributed by atoms with Crippen LogP contribution in [0, 0.1) is 0 Å². The van der Waals surface area contributed by atoms with E-state index in [9.17, 15) is 0 Å². The molecule has 0 saturated carbocycles. The number of fused-ring (bicyclic) bond motifs is 3. The van der Waals surface area contributed by atoms with Gasteiger partial charge in [0.2, 0.25) is 0 Å². The van der Waals surface area contributed by atoms with E-state index in [2.05, 4.69) is 168 Å². The fraction of sp³-hybridized carbons (Fsp3) is 0. The van der Waals surface area contributed by atoms with Crippen LogP contribution in [0.15, 0.2) is 164 Å². The fourth-order valence-corrected chi connectivity index (χ4v) is 10.9. The van der Waals surface area contributed by atoms with Gasteiger partial charge in [0.05, 0.1) is 11.0 Å². The predicted octanol–water partition coefficient (Wildman–Crippen LogP) is 6.16. The summed E-state index contributed by atoms with van der Waals surface area (Å²) in [5.74, 6) is 0. The summed E-state index contributed by atoms with van der Waals surface area (Å²) >= 11 is 0. The molecule has 0 aliphatic carbocycles. The Kier molecular flexibility index (Phi) is 5.53. The zero-order valence-electron chi connectivity index (χ0n) is 21.0. The van der Waals surface area contributed by atoms with Crippen molar-refractivity contribution in [1.82, 2.24) is 4.57 Å². The summed E-state index contributed by atoms with van der Waals surface area (Å²) in [4.78, 5) is 0. The molecule has 7 rings (SSSR count). The molecule has 0 aliphatic rings. The van der Waals surface area contributed by atoms with Gasteiger partial charge in [0.1, 0.15) is 0 Å². The summed E-state index contributed by atoms with van der Waals surface area (Å²) in [6, 6.07) is 60.1. The molecular formula is C36H27NSi. The number of hydrogen-bond acceptors (Lipinski definition) is 0. The topological polar surface area (TPSA) is 4.93 Å². The van der Waals surface area contributed by atoms with Gasteiger partial charge >= 0.3 is 0 Å². The minimum atomic E-state index is -2.59. The van der Waals surface area contributed by atoms with Gasteiger partial charge in [0.25, 0.3) is 0 Å². The average Bonchev–Trinajstić information content (AvgIpc) is 3.34. The van der Waals surface area contributed by atoms with Crippen LogP contribution < -0.4 is 20.7 Å². The number of rotatable bonds is 5. The Hall–Kier alpha value is -4.66. The highest BCUT2D eigenvalue weighted by Gasteiger charge is 2.41. The molecule has 0 radical (unpaired) electrons.